The van der Waals surface area contributed by atoms with Gasteiger partial charge < -0.3 is 0 Å². The summed E-state index contributed by atoms with van der Waals surface area (Å²) in [7, 11) is 0. The molecular weight excluding hydrogens is 218 g/mol. The van der Waals surface area contributed by atoms with E-state index in [1.165, 1.54) is 0 Å². The zero-order valence-corrected chi connectivity index (χ0v) is 9.24. The van der Waals surface area contributed by atoms with E-state index in [9.17, 15) is 5.26 Å². The van der Waals surface area contributed by atoms with Gasteiger partial charge in [-0.25, -0.2) is 0 Å². The Labute approximate surface area is 98.4 Å². The lowest BCUT2D eigenvalue weighted by Crippen LogP contribution is -2.01. The molecule has 0 fully saturated rings. The molecule has 1 heterocycles. The molecule has 4 heteroatoms. The van der Waals surface area contributed by atoms with Gasteiger partial charge in [-0.3, -0.25) is 5.10 Å². The summed E-state index contributed by atoms with van der Waals surface area (Å²) in [5.41, 5.74) is 1.62. The van der Waals surface area contributed by atoms with Crippen LogP contribution in [0.25, 0.3) is 0 Å². The second kappa shape index (κ2) is 4.69. The Morgan fingerprint density at radius 2 is 1.94 bits per heavy atom. The summed E-state index contributed by atoms with van der Waals surface area (Å²) < 4.78 is 0.563. The molecule has 0 radical (unpaired) electrons. The van der Waals surface area contributed by atoms with Crippen molar-refractivity contribution in [3.63, 3.8) is 0 Å². The molecule has 1 atom stereocenters. The fraction of sp³-hybridized carbons (Fsp3) is 0.0833. The van der Waals surface area contributed by atoms with Crippen LogP contribution in [0.3, 0.4) is 0 Å². The van der Waals surface area contributed by atoms with E-state index in [2.05, 4.69) is 16.3 Å². The number of hydrogen-bond donors (Lipinski definition) is 1. The van der Waals surface area contributed by atoms with Crippen LogP contribution in [0.4, 0.5) is 0 Å². The highest BCUT2D eigenvalue weighted by Gasteiger charge is 2.13. The summed E-state index contributed by atoms with van der Waals surface area (Å²) in [5, 5.41) is 15.9. The van der Waals surface area contributed by atoms with Gasteiger partial charge in [0.25, 0.3) is 0 Å². The topological polar surface area (TPSA) is 52.5 Å². The highest BCUT2D eigenvalue weighted by Crippen LogP contribution is 2.20. The van der Waals surface area contributed by atoms with Crippen LogP contribution in [0.1, 0.15) is 17.2 Å². The molecular formula is C12H9N3S. The van der Waals surface area contributed by atoms with Crippen molar-refractivity contribution >= 4 is 12.2 Å². The van der Waals surface area contributed by atoms with Gasteiger partial charge in [-0.05, 0) is 17.7 Å². The normalized spacial score (nSPS) is 11.7. The summed E-state index contributed by atoms with van der Waals surface area (Å²) in [6.07, 6.45) is 0. The fourth-order valence-corrected chi connectivity index (χ4v) is 1.59. The summed E-state index contributed by atoms with van der Waals surface area (Å²) in [4.78, 5) is 0. The molecule has 0 saturated carbocycles. The first kappa shape index (κ1) is 10.5. The highest BCUT2D eigenvalue weighted by molar-refractivity contribution is 7.71. The second-order valence-corrected chi connectivity index (χ2v) is 3.76. The van der Waals surface area contributed by atoms with E-state index in [1.807, 2.05) is 30.3 Å². The Kier molecular flexibility index (Phi) is 3.08. The first-order valence-corrected chi connectivity index (χ1v) is 5.22. The van der Waals surface area contributed by atoms with Crippen molar-refractivity contribution in [2.24, 2.45) is 0 Å². The fourth-order valence-electron chi connectivity index (χ4n) is 1.47. The molecule has 0 aliphatic carbocycles. The molecule has 3 nitrogen and oxygen atoms in total. The van der Waals surface area contributed by atoms with Gasteiger partial charge in [0.1, 0.15) is 10.6 Å². The molecule has 0 bridgehead atoms. The predicted octanol–water partition coefficient (Wildman–Crippen LogP) is 2.79. The predicted molar refractivity (Wildman–Crippen MR) is 63.3 cm³/mol. The van der Waals surface area contributed by atoms with Crippen molar-refractivity contribution in [3.05, 3.63) is 58.4 Å². The average Bonchev–Trinajstić information content (AvgIpc) is 2.34. The maximum absolute atomic E-state index is 9.17. The van der Waals surface area contributed by atoms with Crippen LogP contribution >= 0.6 is 12.2 Å². The maximum Gasteiger partial charge on any atom is 0.119 e. The van der Waals surface area contributed by atoms with Crippen LogP contribution < -0.4 is 0 Å². The monoisotopic (exact) mass is 227 g/mol. The summed E-state index contributed by atoms with van der Waals surface area (Å²) in [5.74, 6) is -0.354. The maximum atomic E-state index is 9.17. The van der Waals surface area contributed by atoms with Crippen molar-refractivity contribution in [3.8, 4) is 6.07 Å². The molecule has 16 heavy (non-hydrogen) atoms. The van der Waals surface area contributed by atoms with Gasteiger partial charge in [-0.2, -0.15) is 10.4 Å². The van der Waals surface area contributed by atoms with Gasteiger partial charge in [0.05, 0.1) is 11.8 Å². The summed E-state index contributed by atoms with van der Waals surface area (Å²) in [6, 6.07) is 15.3. The van der Waals surface area contributed by atoms with Gasteiger partial charge in [0.2, 0.25) is 0 Å². The minimum atomic E-state index is -0.354. The molecule has 1 N–H and O–H groups in total. The van der Waals surface area contributed by atoms with Crippen LogP contribution in [0.2, 0.25) is 0 Å². The Hall–Kier alpha value is -1.99. The standard InChI is InChI=1S/C12H9N3S/c13-8-10(9-4-2-1-3-5-9)11-6-7-12(16)15-14-11/h1-7,10H,(H,15,16). The molecule has 0 saturated heterocycles. The third kappa shape index (κ3) is 2.15. The molecule has 0 spiro atoms. The number of rotatable bonds is 2. The number of aromatic nitrogens is 2. The minimum Gasteiger partial charge on any atom is -0.267 e. The number of nitrogens with one attached hydrogen (secondary N) is 1. The zero-order chi connectivity index (χ0) is 11.4. The van der Waals surface area contributed by atoms with Gasteiger partial charge in [0.15, 0.2) is 0 Å². The van der Waals surface area contributed by atoms with Crippen molar-refractivity contribution in [2.45, 2.75) is 5.92 Å². The number of nitrogens with zero attached hydrogens (tertiary/aromatic N) is 2. The van der Waals surface area contributed by atoms with Gasteiger partial charge in [0, 0.05) is 0 Å². The summed E-state index contributed by atoms with van der Waals surface area (Å²) >= 11 is 4.91. The summed E-state index contributed by atoms with van der Waals surface area (Å²) in [6.45, 7) is 0. The molecule has 1 unspecified atom stereocenters. The SMILES string of the molecule is N#CC(c1ccccc1)c1ccc(=S)[nH]n1. The van der Waals surface area contributed by atoms with Crippen molar-refractivity contribution in [1.82, 2.24) is 10.2 Å². The van der Waals surface area contributed by atoms with Crippen LogP contribution in [0.5, 0.6) is 0 Å². The molecule has 2 rings (SSSR count). The number of nitriles is 1. The first-order valence-electron chi connectivity index (χ1n) is 4.81. The third-order valence-corrected chi connectivity index (χ3v) is 2.49. The number of benzene rings is 1. The molecule has 0 aliphatic heterocycles. The first-order chi connectivity index (χ1) is 7.81. The average molecular weight is 227 g/mol. The molecule has 0 aliphatic rings. The lowest BCUT2D eigenvalue weighted by Gasteiger charge is -2.07. The zero-order valence-electron chi connectivity index (χ0n) is 8.42. The van der Waals surface area contributed by atoms with Gasteiger partial charge >= 0.3 is 0 Å². The molecule has 0 amide bonds. The van der Waals surface area contributed by atoms with Crippen LogP contribution in [0, 0.1) is 16.0 Å². The van der Waals surface area contributed by atoms with Crippen molar-refractivity contribution in [1.29, 1.82) is 5.26 Å². The molecule has 1 aromatic heterocycles. The number of H-pyrrole nitrogens is 1. The largest absolute Gasteiger partial charge is 0.267 e. The van der Waals surface area contributed by atoms with E-state index in [0.29, 0.717) is 10.3 Å². The van der Waals surface area contributed by atoms with Crippen LogP contribution in [-0.4, -0.2) is 10.2 Å². The number of hydrogen-bond acceptors (Lipinski definition) is 3. The van der Waals surface area contributed by atoms with E-state index in [1.54, 1.807) is 12.1 Å². The van der Waals surface area contributed by atoms with E-state index >= 15 is 0 Å². The van der Waals surface area contributed by atoms with Crippen LogP contribution in [0.15, 0.2) is 42.5 Å². The molecule has 78 valence electrons. The quantitative estimate of drug-likeness (QED) is 0.802. The number of aromatic amines is 1. The van der Waals surface area contributed by atoms with Gasteiger partial charge in [-0.15, -0.1) is 0 Å². The highest BCUT2D eigenvalue weighted by atomic mass is 32.1. The Morgan fingerprint density at radius 1 is 1.19 bits per heavy atom. The van der Waals surface area contributed by atoms with E-state index in [4.69, 9.17) is 12.2 Å². The Morgan fingerprint density at radius 3 is 2.50 bits per heavy atom. The van der Waals surface area contributed by atoms with Crippen LogP contribution in [-0.2, 0) is 0 Å². The van der Waals surface area contributed by atoms with Crippen molar-refractivity contribution in [2.75, 3.05) is 0 Å². The smallest absolute Gasteiger partial charge is 0.119 e. The van der Waals surface area contributed by atoms with E-state index in [-0.39, 0.29) is 5.92 Å². The van der Waals surface area contributed by atoms with E-state index < -0.39 is 0 Å². The Bertz CT molecular complexity index is 548. The van der Waals surface area contributed by atoms with Gasteiger partial charge in [-0.1, -0.05) is 42.5 Å². The lowest BCUT2D eigenvalue weighted by atomic mass is 9.97. The second-order valence-electron chi connectivity index (χ2n) is 3.32. The minimum absolute atomic E-state index is 0.354. The Balaban J connectivity index is 2.42. The lowest BCUT2D eigenvalue weighted by molar-refractivity contribution is 0.878. The molecule has 2 aromatic rings. The van der Waals surface area contributed by atoms with Crippen molar-refractivity contribution < 1.29 is 0 Å². The third-order valence-electron chi connectivity index (χ3n) is 2.26. The molecule has 1 aromatic carbocycles. The van der Waals surface area contributed by atoms with E-state index in [0.717, 1.165) is 5.56 Å².